The van der Waals surface area contributed by atoms with Crippen molar-refractivity contribution in [3.8, 4) is 0 Å². The van der Waals surface area contributed by atoms with E-state index in [2.05, 4.69) is 11.3 Å². The second kappa shape index (κ2) is 8.68. The smallest absolute Gasteiger partial charge is 0.196 e. The van der Waals surface area contributed by atoms with Gasteiger partial charge in [-0.25, -0.2) is 4.39 Å². The second-order valence-corrected chi connectivity index (χ2v) is 3.15. The van der Waals surface area contributed by atoms with Gasteiger partial charge in [-0.2, -0.15) is 0 Å². The fourth-order valence-electron chi connectivity index (χ4n) is 0.257. The van der Waals surface area contributed by atoms with E-state index in [0.29, 0.717) is 6.61 Å². The summed E-state index contributed by atoms with van der Waals surface area (Å²) in [5.74, 6) is 0. The van der Waals surface area contributed by atoms with E-state index in [0.717, 1.165) is 5.57 Å². The van der Waals surface area contributed by atoms with Crippen LogP contribution in [0.1, 0.15) is 13.8 Å². The number of nitrogens with zero attached hydrogens (tertiary/aromatic N) is 1. The van der Waals surface area contributed by atoms with Crippen molar-refractivity contribution in [1.29, 1.82) is 0 Å². The van der Waals surface area contributed by atoms with Gasteiger partial charge in [-0.1, -0.05) is 12.2 Å². The lowest BCUT2D eigenvalue weighted by atomic mass is 10.4. The third-order valence-corrected chi connectivity index (χ3v) is 0.559. The van der Waals surface area contributed by atoms with Crippen LogP contribution < -0.4 is 0 Å². The van der Waals surface area contributed by atoms with Gasteiger partial charge in [0.1, 0.15) is 0 Å². The molecule has 2 nitrogen and oxygen atoms in total. The molecular weight excluding hydrogens is 157 g/mol. The standard InChI is InChI=1S/C6H11FO.C3H9N/c1-5(2)4-8-6(3)7;1-4(2)3/h6H,1,4H2,2-3H3;1-3H3. The molecule has 0 saturated heterocycles. The number of ether oxygens (including phenoxy) is 1. The summed E-state index contributed by atoms with van der Waals surface area (Å²) in [7, 11) is 6.00. The third-order valence-electron chi connectivity index (χ3n) is 0.559. The Morgan fingerprint density at radius 3 is 1.92 bits per heavy atom. The van der Waals surface area contributed by atoms with Crippen LogP contribution >= 0.6 is 0 Å². The topological polar surface area (TPSA) is 12.5 Å². The van der Waals surface area contributed by atoms with Crippen LogP contribution in [-0.2, 0) is 4.74 Å². The summed E-state index contributed by atoms with van der Waals surface area (Å²) in [4.78, 5) is 2.00. The average molecular weight is 177 g/mol. The largest absolute Gasteiger partial charge is 0.344 e. The molecule has 0 heterocycles. The number of hydrogen-bond acceptors (Lipinski definition) is 2. The van der Waals surface area contributed by atoms with Crippen molar-refractivity contribution in [2.24, 2.45) is 0 Å². The van der Waals surface area contributed by atoms with Crippen LogP contribution in [0.15, 0.2) is 12.2 Å². The summed E-state index contributed by atoms with van der Waals surface area (Å²) >= 11 is 0. The minimum absolute atomic E-state index is 0.317. The molecule has 0 bridgehead atoms. The molecule has 0 rings (SSSR count). The van der Waals surface area contributed by atoms with Crippen molar-refractivity contribution in [2.75, 3.05) is 27.7 Å². The lowest BCUT2D eigenvalue weighted by Gasteiger charge is -2.01. The average Bonchev–Trinajstić information content (AvgIpc) is 1.82. The summed E-state index contributed by atoms with van der Waals surface area (Å²) in [6.45, 7) is 7.00. The van der Waals surface area contributed by atoms with Gasteiger partial charge in [-0.15, -0.1) is 0 Å². The van der Waals surface area contributed by atoms with Gasteiger partial charge in [-0.3, -0.25) is 0 Å². The van der Waals surface area contributed by atoms with Gasteiger partial charge in [0, 0.05) is 0 Å². The quantitative estimate of drug-likeness (QED) is 0.612. The molecule has 0 fully saturated rings. The Bertz CT molecular complexity index is 110. The zero-order valence-corrected chi connectivity index (χ0v) is 8.72. The van der Waals surface area contributed by atoms with Crippen LogP contribution in [0.25, 0.3) is 0 Å². The van der Waals surface area contributed by atoms with Crippen LogP contribution in [0.3, 0.4) is 0 Å². The summed E-state index contributed by atoms with van der Waals surface area (Å²) in [6.07, 6.45) is -1.17. The summed E-state index contributed by atoms with van der Waals surface area (Å²) < 4.78 is 16.3. The highest BCUT2D eigenvalue weighted by atomic mass is 19.1. The first-order valence-corrected chi connectivity index (χ1v) is 3.87. The molecule has 0 spiro atoms. The van der Waals surface area contributed by atoms with Crippen LogP contribution in [0.5, 0.6) is 0 Å². The van der Waals surface area contributed by atoms with E-state index in [1.165, 1.54) is 6.92 Å². The summed E-state index contributed by atoms with van der Waals surface area (Å²) in [6, 6.07) is 0. The highest BCUT2D eigenvalue weighted by molar-refractivity contribution is 4.87. The van der Waals surface area contributed by atoms with Gasteiger partial charge in [0.25, 0.3) is 0 Å². The predicted octanol–water partition coefficient (Wildman–Crippen LogP) is 2.07. The molecule has 0 aliphatic heterocycles. The minimum Gasteiger partial charge on any atom is -0.344 e. The molecule has 0 aliphatic carbocycles. The van der Waals surface area contributed by atoms with Crippen LogP contribution in [0.2, 0.25) is 0 Å². The van der Waals surface area contributed by atoms with Crippen molar-refractivity contribution in [2.45, 2.75) is 20.2 Å². The molecule has 0 aliphatic rings. The molecule has 1 atom stereocenters. The Hall–Kier alpha value is -0.410. The molecule has 12 heavy (non-hydrogen) atoms. The van der Waals surface area contributed by atoms with E-state index in [1.807, 2.05) is 26.0 Å². The minimum atomic E-state index is -1.17. The van der Waals surface area contributed by atoms with Gasteiger partial charge in [0.05, 0.1) is 6.61 Å². The van der Waals surface area contributed by atoms with Crippen molar-refractivity contribution in [3.63, 3.8) is 0 Å². The van der Waals surface area contributed by atoms with Crippen LogP contribution in [0, 0.1) is 0 Å². The predicted molar refractivity (Wildman–Crippen MR) is 50.9 cm³/mol. The highest BCUT2D eigenvalue weighted by Gasteiger charge is 1.94. The molecule has 74 valence electrons. The first-order valence-electron chi connectivity index (χ1n) is 3.87. The molecule has 0 saturated carbocycles. The second-order valence-electron chi connectivity index (χ2n) is 3.15. The zero-order valence-electron chi connectivity index (χ0n) is 8.72. The van der Waals surface area contributed by atoms with E-state index in [-0.39, 0.29) is 0 Å². The Labute approximate surface area is 75.0 Å². The Morgan fingerprint density at radius 1 is 1.50 bits per heavy atom. The maximum atomic E-state index is 11.8. The maximum absolute atomic E-state index is 11.8. The Balaban J connectivity index is 0. The van der Waals surface area contributed by atoms with Crippen molar-refractivity contribution >= 4 is 0 Å². The Morgan fingerprint density at radius 2 is 1.83 bits per heavy atom. The lowest BCUT2D eigenvalue weighted by Crippen LogP contribution is -2.01. The number of hydrogen-bond donors (Lipinski definition) is 0. The number of rotatable bonds is 3. The van der Waals surface area contributed by atoms with E-state index in [1.54, 1.807) is 6.92 Å². The SMILES string of the molecule is C=C(C)COC(C)F.CN(C)C. The van der Waals surface area contributed by atoms with Gasteiger partial charge in [0.2, 0.25) is 0 Å². The van der Waals surface area contributed by atoms with E-state index in [4.69, 9.17) is 0 Å². The number of halogens is 1. The number of alkyl halides is 1. The van der Waals surface area contributed by atoms with Crippen molar-refractivity contribution in [3.05, 3.63) is 12.2 Å². The first-order chi connectivity index (χ1) is 5.36. The fourth-order valence-corrected chi connectivity index (χ4v) is 0.257. The normalized spacial score (nSPS) is 11.9. The summed E-state index contributed by atoms with van der Waals surface area (Å²) in [5.41, 5.74) is 0.842. The summed E-state index contributed by atoms with van der Waals surface area (Å²) in [5, 5.41) is 0. The van der Waals surface area contributed by atoms with Gasteiger partial charge >= 0.3 is 0 Å². The van der Waals surface area contributed by atoms with Crippen LogP contribution in [-0.4, -0.2) is 39.0 Å². The van der Waals surface area contributed by atoms with Crippen molar-refractivity contribution < 1.29 is 9.13 Å². The molecule has 1 unspecified atom stereocenters. The first kappa shape index (κ1) is 14.1. The highest BCUT2D eigenvalue weighted by Crippen LogP contribution is 1.94. The van der Waals surface area contributed by atoms with E-state index in [9.17, 15) is 4.39 Å². The maximum Gasteiger partial charge on any atom is 0.196 e. The van der Waals surface area contributed by atoms with Crippen LogP contribution in [0.4, 0.5) is 4.39 Å². The molecule has 3 heteroatoms. The molecule has 0 aromatic carbocycles. The van der Waals surface area contributed by atoms with Gasteiger partial charge in [-0.05, 0) is 35.0 Å². The van der Waals surface area contributed by atoms with Gasteiger partial charge < -0.3 is 9.64 Å². The zero-order chi connectivity index (χ0) is 10.1. The third kappa shape index (κ3) is 33.6. The molecule has 0 aromatic heterocycles. The molecular formula is C9H20FNO. The molecule has 0 N–H and O–H groups in total. The Kier molecular flexibility index (Phi) is 10.2. The molecule has 0 radical (unpaired) electrons. The van der Waals surface area contributed by atoms with Gasteiger partial charge in [0.15, 0.2) is 6.36 Å². The monoisotopic (exact) mass is 177 g/mol. The lowest BCUT2D eigenvalue weighted by molar-refractivity contribution is -0.0124. The van der Waals surface area contributed by atoms with E-state index >= 15 is 0 Å². The fraction of sp³-hybridized carbons (Fsp3) is 0.778. The van der Waals surface area contributed by atoms with E-state index < -0.39 is 6.36 Å². The van der Waals surface area contributed by atoms with Crippen molar-refractivity contribution in [1.82, 2.24) is 4.90 Å². The molecule has 0 aromatic rings. The molecule has 0 amide bonds.